The van der Waals surface area contributed by atoms with E-state index < -0.39 is 6.86 Å². The van der Waals surface area contributed by atoms with Crippen LogP contribution in [0.4, 0.5) is 4.39 Å². The van der Waals surface area contributed by atoms with E-state index in [1.54, 1.807) is 6.07 Å². The first-order valence-corrected chi connectivity index (χ1v) is 13.1. The number of aryl methyl sites for hydroxylation is 1. The molecule has 5 nitrogen and oxygen atoms in total. The number of nitrogens with zero attached hydrogens (tertiary/aromatic N) is 3. The van der Waals surface area contributed by atoms with Crippen molar-refractivity contribution in [1.82, 2.24) is 14.5 Å². The summed E-state index contributed by atoms with van der Waals surface area (Å²) in [5.41, 5.74) is 3.19. The van der Waals surface area contributed by atoms with Crippen molar-refractivity contribution in [2.45, 2.75) is 51.4 Å². The van der Waals surface area contributed by atoms with E-state index in [9.17, 15) is 9.18 Å². The molecular formula is C29H36FN3O2. The molecule has 3 heterocycles. The predicted octanol–water partition coefficient (Wildman–Crippen LogP) is 5.75. The number of carbonyl (C=O) groups excluding carboxylic acids is 1. The maximum absolute atomic E-state index is 13.1. The average molecular weight is 478 g/mol. The molecule has 186 valence electrons. The van der Waals surface area contributed by atoms with E-state index in [-0.39, 0.29) is 0 Å². The van der Waals surface area contributed by atoms with Gasteiger partial charge in [0.05, 0.1) is 0 Å². The van der Waals surface area contributed by atoms with E-state index in [0.29, 0.717) is 24.0 Å². The van der Waals surface area contributed by atoms with Gasteiger partial charge in [-0.05, 0) is 49.6 Å². The molecule has 3 aromatic rings. The summed E-state index contributed by atoms with van der Waals surface area (Å²) >= 11 is 0. The summed E-state index contributed by atoms with van der Waals surface area (Å²) in [6.45, 7) is 2.32. The molecule has 1 saturated carbocycles. The standard InChI is InChI=1S/C29H36FN3O2/c1-32-18-24-3-2-4-25(26(24)19-32)28(34)17-22-7-5-21(6-8-22)11-14-33-15-12-23-9-10-29(35-20-30)31-27(23)13-16-33/h2-4,9-10,18-19,21-22H,5-8,11-17,20H2,1H3. The lowest BCUT2D eigenvalue weighted by Gasteiger charge is -2.30. The van der Waals surface area contributed by atoms with Gasteiger partial charge in [-0.15, -0.1) is 0 Å². The Hall–Kier alpha value is -2.73. The summed E-state index contributed by atoms with van der Waals surface area (Å²) in [5.74, 6) is 1.95. The van der Waals surface area contributed by atoms with Crippen LogP contribution in [0.25, 0.3) is 10.8 Å². The fourth-order valence-electron chi connectivity index (χ4n) is 5.97. The molecule has 2 aliphatic rings. The number of rotatable bonds is 8. The van der Waals surface area contributed by atoms with Crippen LogP contribution in [0.1, 0.15) is 60.1 Å². The van der Waals surface area contributed by atoms with Crippen LogP contribution in [-0.2, 0) is 19.9 Å². The molecule has 0 amide bonds. The molecule has 0 saturated heterocycles. The number of carbonyl (C=O) groups is 1. The minimum atomic E-state index is -0.836. The lowest BCUT2D eigenvalue weighted by atomic mass is 9.78. The maximum Gasteiger partial charge on any atom is 0.230 e. The number of alkyl halides is 1. The van der Waals surface area contributed by atoms with Gasteiger partial charge in [-0.25, -0.2) is 9.37 Å². The third kappa shape index (κ3) is 5.75. The van der Waals surface area contributed by atoms with Crippen LogP contribution in [-0.4, -0.2) is 46.7 Å². The maximum atomic E-state index is 13.1. The molecule has 1 aromatic carbocycles. The SMILES string of the molecule is Cn1cc2cccc(C(=O)CC3CCC(CCN4CCc5ccc(OCF)nc5CC4)CC3)c2c1. The Bertz CT molecular complexity index is 1170. The van der Waals surface area contributed by atoms with Gasteiger partial charge >= 0.3 is 0 Å². The van der Waals surface area contributed by atoms with E-state index in [4.69, 9.17) is 4.74 Å². The number of ether oxygens (including phenoxy) is 1. The van der Waals surface area contributed by atoms with Gasteiger partial charge in [-0.1, -0.05) is 37.1 Å². The molecule has 0 bridgehead atoms. The Balaban J connectivity index is 1.07. The van der Waals surface area contributed by atoms with E-state index in [2.05, 4.69) is 28.3 Å². The summed E-state index contributed by atoms with van der Waals surface area (Å²) in [7, 11) is 2.01. The Morgan fingerprint density at radius 3 is 2.69 bits per heavy atom. The van der Waals surface area contributed by atoms with Crippen LogP contribution >= 0.6 is 0 Å². The number of benzene rings is 1. The minimum Gasteiger partial charge on any atom is -0.446 e. The van der Waals surface area contributed by atoms with Gasteiger partial charge in [0.15, 0.2) is 5.78 Å². The Morgan fingerprint density at radius 1 is 1.06 bits per heavy atom. The zero-order valence-electron chi connectivity index (χ0n) is 20.7. The second-order valence-electron chi connectivity index (χ2n) is 10.4. The van der Waals surface area contributed by atoms with Crippen LogP contribution in [0.15, 0.2) is 42.7 Å². The van der Waals surface area contributed by atoms with Crippen LogP contribution in [0.2, 0.25) is 0 Å². The number of aromatic nitrogens is 2. The zero-order chi connectivity index (χ0) is 24.2. The number of hydrogen-bond donors (Lipinski definition) is 0. The van der Waals surface area contributed by atoms with Gasteiger partial charge in [-0.2, -0.15) is 0 Å². The van der Waals surface area contributed by atoms with Gasteiger partial charge in [-0.3, -0.25) is 4.79 Å². The predicted molar refractivity (Wildman–Crippen MR) is 137 cm³/mol. The highest BCUT2D eigenvalue weighted by atomic mass is 19.1. The molecule has 2 aromatic heterocycles. The fraction of sp³-hybridized carbons (Fsp3) is 0.517. The van der Waals surface area contributed by atoms with Crippen molar-refractivity contribution in [2.75, 3.05) is 26.5 Å². The van der Waals surface area contributed by atoms with Crippen molar-refractivity contribution in [2.24, 2.45) is 18.9 Å². The molecule has 5 rings (SSSR count). The van der Waals surface area contributed by atoms with Gasteiger partial charge in [0, 0.05) is 73.5 Å². The minimum absolute atomic E-state index is 0.295. The number of halogens is 1. The second-order valence-corrected chi connectivity index (χ2v) is 10.4. The largest absolute Gasteiger partial charge is 0.446 e. The van der Waals surface area contributed by atoms with Crippen LogP contribution in [0.3, 0.4) is 0 Å². The van der Waals surface area contributed by atoms with Crippen LogP contribution in [0.5, 0.6) is 5.88 Å². The van der Waals surface area contributed by atoms with Crippen molar-refractivity contribution < 1.29 is 13.9 Å². The van der Waals surface area contributed by atoms with E-state index in [0.717, 1.165) is 73.3 Å². The van der Waals surface area contributed by atoms with Crippen LogP contribution < -0.4 is 4.74 Å². The first kappa shape index (κ1) is 24.0. The highest BCUT2D eigenvalue weighted by Gasteiger charge is 2.25. The topological polar surface area (TPSA) is 47.4 Å². The lowest BCUT2D eigenvalue weighted by Crippen LogP contribution is -2.29. The summed E-state index contributed by atoms with van der Waals surface area (Å²) in [4.78, 5) is 20.1. The van der Waals surface area contributed by atoms with Gasteiger partial charge in [0.2, 0.25) is 12.7 Å². The molecule has 0 spiro atoms. The Kier molecular flexibility index (Phi) is 7.47. The summed E-state index contributed by atoms with van der Waals surface area (Å²) in [5, 5.41) is 2.22. The van der Waals surface area contributed by atoms with Gasteiger partial charge in [0.25, 0.3) is 0 Å². The monoisotopic (exact) mass is 477 g/mol. The molecule has 0 atom stereocenters. The lowest BCUT2D eigenvalue weighted by molar-refractivity contribution is 0.0942. The van der Waals surface area contributed by atoms with Gasteiger partial charge in [0.1, 0.15) is 0 Å². The smallest absolute Gasteiger partial charge is 0.230 e. The quantitative estimate of drug-likeness (QED) is 0.388. The molecular weight excluding hydrogens is 441 g/mol. The molecule has 1 fully saturated rings. The molecule has 1 aliphatic carbocycles. The number of Topliss-reactive ketones (excluding diaryl/α,β-unsaturated/α-hetero) is 1. The van der Waals surface area contributed by atoms with Crippen molar-refractivity contribution in [3.63, 3.8) is 0 Å². The molecule has 0 radical (unpaired) electrons. The highest BCUT2D eigenvalue weighted by Crippen LogP contribution is 2.34. The van der Waals surface area contributed by atoms with Crippen molar-refractivity contribution >= 4 is 16.6 Å². The number of hydrogen-bond acceptors (Lipinski definition) is 4. The summed E-state index contributed by atoms with van der Waals surface area (Å²) < 4.78 is 19.4. The Morgan fingerprint density at radius 2 is 1.86 bits per heavy atom. The van der Waals surface area contributed by atoms with Crippen molar-refractivity contribution in [3.8, 4) is 5.88 Å². The Labute approximate surface area is 207 Å². The first-order valence-electron chi connectivity index (χ1n) is 13.1. The summed E-state index contributed by atoms with van der Waals surface area (Å²) in [6.07, 6.45) is 12.7. The molecule has 35 heavy (non-hydrogen) atoms. The van der Waals surface area contributed by atoms with E-state index in [1.165, 1.54) is 24.8 Å². The molecule has 0 N–H and O–H groups in total. The average Bonchev–Trinajstić information content (AvgIpc) is 3.13. The molecule has 1 aliphatic heterocycles. The number of ketones is 1. The summed E-state index contributed by atoms with van der Waals surface area (Å²) in [6, 6.07) is 9.88. The normalized spacial score (nSPS) is 21.0. The third-order valence-corrected chi connectivity index (χ3v) is 8.02. The molecule has 6 heteroatoms. The van der Waals surface area contributed by atoms with Crippen molar-refractivity contribution in [3.05, 3.63) is 59.5 Å². The fourth-order valence-corrected chi connectivity index (χ4v) is 5.97. The van der Waals surface area contributed by atoms with E-state index in [1.807, 2.05) is 29.8 Å². The third-order valence-electron chi connectivity index (χ3n) is 8.02. The number of pyridine rings is 1. The van der Waals surface area contributed by atoms with Gasteiger partial charge < -0.3 is 14.2 Å². The van der Waals surface area contributed by atoms with Crippen LogP contribution in [0, 0.1) is 11.8 Å². The molecule has 0 unspecified atom stereocenters. The first-order chi connectivity index (χ1) is 17.1. The zero-order valence-corrected chi connectivity index (χ0v) is 20.7. The second kappa shape index (κ2) is 10.9. The number of fused-ring (bicyclic) bond motifs is 2. The van der Waals surface area contributed by atoms with Crippen molar-refractivity contribution in [1.29, 1.82) is 0 Å². The highest BCUT2D eigenvalue weighted by molar-refractivity contribution is 6.08. The van der Waals surface area contributed by atoms with E-state index >= 15 is 0 Å².